The SMILES string of the molecule is C1CC2CC1CN2CC1CNC1. The van der Waals surface area contributed by atoms with Gasteiger partial charge in [0.15, 0.2) is 0 Å². The molecule has 2 unspecified atom stereocenters. The second-order valence-electron chi connectivity index (χ2n) is 4.81. The fourth-order valence-electron chi connectivity index (χ4n) is 3.06. The molecule has 1 aliphatic carbocycles. The molecule has 0 radical (unpaired) electrons. The molecule has 2 aliphatic heterocycles. The fourth-order valence-corrected chi connectivity index (χ4v) is 3.06. The third kappa shape index (κ3) is 1.09. The Morgan fingerprint density at radius 2 is 2.17 bits per heavy atom. The van der Waals surface area contributed by atoms with E-state index < -0.39 is 0 Å². The van der Waals surface area contributed by atoms with Crippen molar-refractivity contribution in [2.24, 2.45) is 11.8 Å². The molecule has 2 heterocycles. The van der Waals surface area contributed by atoms with Crippen LogP contribution in [-0.2, 0) is 0 Å². The standard InChI is InChI=1S/C10H18N2/c1-2-10-3-8(1)6-12(10)7-9-4-11-5-9/h8-11H,1-7H2. The topological polar surface area (TPSA) is 15.3 Å². The van der Waals surface area contributed by atoms with Gasteiger partial charge in [-0.1, -0.05) is 0 Å². The smallest absolute Gasteiger partial charge is 0.00987 e. The highest BCUT2D eigenvalue weighted by atomic mass is 15.2. The van der Waals surface area contributed by atoms with Crippen LogP contribution >= 0.6 is 0 Å². The molecule has 0 aromatic heterocycles. The monoisotopic (exact) mass is 166 g/mol. The van der Waals surface area contributed by atoms with Crippen molar-refractivity contribution in [1.29, 1.82) is 0 Å². The van der Waals surface area contributed by atoms with Crippen molar-refractivity contribution in [2.45, 2.75) is 25.3 Å². The molecule has 0 amide bonds. The number of nitrogens with one attached hydrogen (secondary N) is 1. The van der Waals surface area contributed by atoms with Crippen LogP contribution in [0.25, 0.3) is 0 Å². The van der Waals surface area contributed by atoms with Crippen molar-refractivity contribution in [3.63, 3.8) is 0 Å². The Morgan fingerprint density at radius 1 is 1.25 bits per heavy atom. The van der Waals surface area contributed by atoms with Crippen LogP contribution in [0.15, 0.2) is 0 Å². The number of hydrogen-bond acceptors (Lipinski definition) is 2. The first kappa shape index (κ1) is 7.34. The lowest BCUT2D eigenvalue weighted by molar-refractivity contribution is 0.156. The predicted octanol–water partition coefficient (Wildman–Crippen LogP) is 0.690. The molecule has 0 spiro atoms. The average Bonchev–Trinajstić information content (AvgIpc) is 2.56. The van der Waals surface area contributed by atoms with E-state index in [0.29, 0.717) is 0 Å². The van der Waals surface area contributed by atoms with Gasteiger partial charge in [-0.25, -0.2) is 0 Å². The molecule has 12 heavy (non-hydrogen) atoms. The summed E-state index contributed by atoms with van der Waals surface area (Å²) in [6, 6.07) is 0.982. The molecule has 68 valence electrons. The summed E-state index contributed by atoms with van der Waals surface area (Å²) in [4.78, 5) is 2.75. The van der Waals surface area contributed by atoms with Crippen molar-refractivity contribution < 1.29 is 0 Å². The van der Waals surface area contributed by atoms with Gasteiger partial charge in [0.05, 0.1) is 0 Å². The van der Waals surface area contributed by atoms with Gasteiger partial charge < -0.3 is 5.32 Å². The minimum absolute atomic E-state index is 0.976. The molecular formula is C10H18N2. The molecular weight excluding hydrogens is 148 g/mol. The van der Waals surface area contributed by atoms with Crippen LogP contribution < -0.4 is 5.32 Å². The van der Waals surface area contributed by atoms with Crippen molar-refractivity contribution in [1.82, 2.24) is 10.2 Å². The molecule has 0 aromatic carbocycles. The summed E-state index contributed by atoms with van der Waals surface area (Å²) in [5, 5.41) is 3.35. The highest BCUT2D eigenvalue weighted by molar-refractivity contribution is 4.93. The number of hydrogen-bond donors (Lipinski definition) is 1. The van der Waals surface area contributed by atoms with Crippen LogP contribution in [0.4, 0.5) is 0 Å². The van der Waals surface area contributed by atoms with E-state index in [-0.39, 0.29) is 0 Å². The lowest BCUT2D eigenvalue weighted by atomic mass is 10.0. The van der Waals surface area contributed by atoms with Gasteiger partial charge in [-0.3, -0.25) is 4.90 Å². The lowest BCUT2D eigenvalue weighted by Crippen LogP contribution is -2.49. The Hall–Kier alpha value is -0.0800. The first-order valence-corrected chi connectivity index (χ1v) is 5.36. The molecule has 3 rings (SSSR count). The van der Waals surface area contributed by atoms with E-state index in [2.05, 4.69) is 10.2 Å². The Labute approximate surface area is 74.3 Å². The van der Waals surface area contributed by atoms with Crippen LogP contribution in [0, 0.1) is 11.8 Å². The number of rotatable bonds is 2. The molecule has 1 saturated carbocycles. The number of fused-ring (bicyclic) bond motifs is 2. The molecule has 3 aliphatic rings. The Balaban J connectivity index is 1.56. The lowest BCUT2D eigenvalue weighted by Gasteiger charge is -2.35. The van der Waals surface area contributed by atoms with E-state index in [1.807, 2.05) is 0 Å². The molecule has 0 aromatic rings. The first-order valence-electron chi connectivity index (χ1n) is 5.36. The number of piperidine rings is 1. The van der Waals surface area contributed by atoms with Gasteiger partial charge in [-0.15, -0.1) is 0 Å². The minimum atomic E-state index is 0.976. The van der Waals surface area contributed by atoms with Gasteiger partial charge >= 0.3 is 0 Å². The summed E-state index contributed by atoms with van der Waals surface area (Å²) in [7, 11) is 0. The van der Waals surface area contributed by atoms with E-state index in [9.17, 15) is 0 Å². The van der Waals surface area contributed by atoms with Gasteiger partial charge in [-0.05, 0) is 31.1 Å². The van der Waals surface area contributed by atoms with Crippen LogP contribution in [0.5, 0.6) is 0 Å². The number of likely N-dealkylation sites (tertiary alicyclic amines) is 1. The van der Waals surface area contributed by atoms with E-state index in [0.717, 1.165) is 17.9 Å². The summed E-state index contributed by atoms with van der Waals surface area (Å²) < 4.78 is 0. The van der Waals surface area contributed by atoms with Gasteiger partial charge in [-0.2, -0.15) is 0 Å². The van der Waals surface area contributed by atoms with Crippen molar-refractivity contribution in [3.8, 4) is 0 Å². The van der Waals surface area contributed by atoms with Crippen LogP contribution in [0.3, 0.4) is 0 Å². The normalized spacial score (nSPS) is 42.0. The van der Waals surface area contributed by atoms with Gasteiger partial charge in [0.25, 0.3) is 0 Å². The first-order chi connectivity index (χ1) is 5.92. The maximum Gasteiger partial charge on any atom is 0.00987 e. The molecule has 2 atom stereocenters. The molecule has 3 fully saturated rings. The highest BCUT2D eigenvalue weighted by Gasteiger charge is 2.38. The summed E-state index contributed by atoms with van der Waals surface area (Å²) in [6.07, 6.45) is 4.52. The summed E-state index contributed by atoms with van der Waals surface area (Å²) >= 11 is 0. The van der Waals surface area contributed by atoms with E-state index in [4.69, 9.17) is 0 Å². The van der Waals surface area contributed by atoms with Crippen molar-refractivity contribution in [3.05, 3.63) is 0 Å². The highest BCUT2D eigenvalue weighted by Crippen LogP contribution is 2.37. The molecule has 2 nitrogen and oxygen atoms in total. The largest absolute Gasteiger partial charge is 0.316 e. The third-order valence-electron chi connectivity index (χ3n) is 3.88. The summed E-state index contributed by atoms with van der Waals surface area (Å²) in [6.45, 7) is 5.34. The van der Waals surface area contributed by atoms with Gasteiger partial charge in [0.1, 0.15) is 0 Å². The van der Waals surface area contributed by atoms with Gasteiger partial charge in [0.2, 0.25) is 0 Å². The van der Waals surface area contributed by atoms with Crippen molar-refractivity contribution in [2.75, 3.05) is 26.2 Å². The Bertz CT molecular complexity index is 177. The van der Waals surface area contributed by atoms with E-state index in [1.165, 1.54) is 45.4 Å². The Morgan fingerprint density at radius 3 is 2.67 bits per heavy atom. The third-order valence-corrected chi connectivity index (χ3v) is 3.88. The van der Waals surface area contributed by atoms with Gasteiger partial charge in [0, 0.05) is 32.2 Å². The summed E-state index contributed by atoms with van der Waals surface area (Å²) in [5.41, 5.74) is 0. The second-order valence-corrected chi connectivity index (χ2v) is 4.81. The van der Waals surface area contributed by atoms with E-state index in [1.54, 1.807) is 0 Å². The second kappa shape index (κ2) is 2.71. The van der Waals surface area contributed by atoms with Crippen LogP contribution in [-0.4, -0.2) is 37.1 Å². The number of nitrogens with zero attached hydrogens (tertiary/aromatic N) is 1. The maximum absolute atomic E-state index is 3.35. The van der Waals surface area contributed by atoms with Crippen LogP contribution in [0.1, 0.15) is 19.3 Å². The minimum Gasteiger partial charge on any atom is -0.316 e. The predicted molar refractivity (Wildman–Crippen MR) is 49.1 cm³/mol. The van der Waals surface area contributed by atoms with E-state index >= 15 is 0 Å². The average molecular weight is 166 g/mol. The molecule has 2 bridgehead atoms. The maximum atomic E-state index is 3.35. The molecule has 1 N–H and O–H groups in total. The Kier molecular flexibility index (Phi) is 1.66. The zero-order chi connectivity index (χ0) is 7.97. The summed E-state index contributed by atoms with van der Waals surface area (Å²) in [5.74, 6) is 2.05. The zero-order valence-corrected chi connectivity index (χ0v) is 7.63. The quantitative estimate of drug-likeness (QED) is 0.649. The molecule has 2 heteroatoms. The van der Waals surface area contributed by atoms with Crippen molar-refractivity contribution >= 4 is 0 Å². The molecule has 2 saturated heterocycles. The van der Waals surface area contributed by atoms with Crippen LogP contribution in [0.2, 0.25) is 0 Å². The zero-order valence-electron chi connectivity index (χ0n) is 7.63. The fraction of sp³-hybridized carbons (Fsp3) is 1.00.